The summed E-state index contributed by atoms with van der Waals surface area (Å²) < 4.78 is 1.83. The average Bonchev–Trinajstić information content (AvgIpc) is 3.20. The second-order valence-electron chi connectivity index (χ2n) is 7.34. The Morgan fingerprint density at radius 2 is 1.78 bits per heavy atom. The summed E-state index contributed by atoms with van der Waals surface area (Å²) in [5.41, 5.74) is 4.29. The maximum Gasteiger partial charge on any atom is 0.137 e. The molecule has 3 nitrogen and oxygen atoms in total. The smallest absolute Gasteiger partial charge is 0.137 e. The highest BCUT2D eigenvalue weighted by molar-refractivity contribution is 5.87. The van der Waals surface area contributed by atoms with Crippen LogP contribution in [0, 0.1) is 12.3 Å². The van der Waals surface area contributed by atoms with E-state index < -0.39 is 0 Å². The Bertz CT molecular complexity index is 1130. The third-order valence-electron chi connectivity index (χ3n) is 4.97. The molecule has 0 saturated carbocycles. The molecule has 0 aliphatic carbocycles. The van der Waals surface area contributed by atoms with Gasteiger partial charge in [0.05, 0.1) is 12.0 Å². The lowest BCUT2D eigenvalue weighted by Crippen LogP contribution is -2.15. The Hall–Kier alpha value is -3.38. The number of benzene rings is 3. The molecule has 0 aliphatic heterocycles. The molecule has 0 unspecified atom stereocenters. The van der Waals surface area contributed by atoms with Crippen LogP contribution in [0.3, 0.4) is 0 Å². The van der Waals surface area contributed by atoms with Crippen LogP contribution in [0.1, 0.15) is 25.0 Å². The van der Waals surface area contributed by atoms with Gasteiger partial charge >= 0.3 is 0 Å². The molecule has 3 aromatic carbocycles. The van der Waals surface area contributed by atoms with Crippen molar-refractivity contribution in [1.29, 1.82) is 0 Å². The standard InChI is InChI=1S/C24H21N3/c1-4-24(2,3)23-12-18(15-27-17-25-16-26-27)11-22(14-23)21-10-9-19-7-5-6-8-20(19)13-21/h1,5-14,16-17H,15H2,2-3H3. The summed E-state index contributed by atoms with van der Waals surface area (Å²) in [7, 11) is 0. The molecule has 0 fully saturated rings. The molecular formula is C24H21N3. The van der Waals surface area contributed by atoms with Crippen LogP contribution in [0.2, 0.25) is 0 Å². The summed E-state index contributed by atoms with van der Waals surface area (Å²) in [4.78, 5) is 4.04. The number of nitrogens with zero attached hydrogens (tertiary/aromatic N) is 3. The van der Waals surface area contributed by atoms with Gasteiger partial charge in [-0.25, -0.2) is 9.67 Å². The van der Waals surface area contributed by atoms with E-state index in [4.69, 9.17) is 6.42 Å². The predicted octanol–water partition coefficient (Wildman–Crippen LogP) is 5.06. The molecule has 3 heteroatoms. The molecular weight excluding hydrogens is 330 g/mol. The Morgan fingerprint density at radius 1 is 0.963 bits per heavy atom. The van der Waals surface area contributed by atoms with Gasteiger partial charge in [0.25, 0.3) is 0 Å². The van der Waals surface area contributed by atoms with E-state index in [9.17, 15) is 0 Å². The summed E-state index contributed by atoms with van der Waals surface area (Å²) in [6.45, 7) is 4.81. The maximum atomic E-state index is 5.81. The van der Waals surface area contributed by atoms with Crippen LogP contribution in [0.25, 0.3) is 21.9 Å². The number of hydrogen-bond donors (Lipinski definition) is 0. The molecule has 27 heavy (non-hydrogen) atoms. The molecule has 0 amide bonds. The zero-order valence-corrected chi connectivity index (χ0v) is 15.6. The van der Waals surface area contributed by atoms with Gasteiger partial charge in [-0.1, -0.05) is 48.4 Å². The fourth-order valence-corrected chi connectivity index (χ4v) is 3.26. The van der Waals surface area contributed by atoms with Gasteiger partial charge in [0.2, 0.25) is 0 Å². The monoisotopic (exact) mass is 351 g/mol. The van der Waals surface area contributed by atoms with Crippen LogP contribution in [-0.2, 0) is 12.0 Å². The highest BCUT2D eigenvalue weighted by atomic mass is 15.3. The molecule has 0 radical (unpaired) electrons. The van der Waals surface area contributed by atoms with Crippen molar-refractivity contribution in [3.05, 3.63) is 84.4 Å². The summed E-state index contributed by atoms with van der Waals surface area (Å²) in [5, 5.41) is 6.70. The van der Waals surface area contributed by atoms with Crippen molar-refractivity contribution >= 4 is 10.8 Å². The normalized spacial score (nSPS) is 11.4. The fourth-order valence-electron chi connectivity index (χ4n) is 3.26. The van der Waals surface area contributed by atoms with Crippen LogP contribution in [0.4, 0.5) is 0 Å². The maximum absolute atomic E-state index is 5.81. The molecule has 0 saturated heterocycles. The molecule has 4 aromatic rings. The third kappa shape index (κ3) is 3.47. The second-order valence-corrected chi connectivity index (χ2v) is 7.34. The molecule has 4 rings (SSSR count). The number of hydrogen-bond acceptors (Lipinski definition) is 2. The minimum Gasteiger partial charge on any atom is -0.249 e. The molecule has 1 aromatic heterocycles. The van der Waals surface area contributed by atoms with Gasteiger partial charge in [-0.2, -0.15) is 5.10 Å². The van der Waals surface area contributed by atoms with Crippen molar-refractivity contribution in [2.75, 3.05) is 0 Å². The summed E-state index contributed by atoms with van der Waals surface area (Å²) in [5.74, 6) is 2.92. The quantitative estimate of drug-likeness (QED) is 0.481. The van der Waals surface area contributed by atoms with E-state index in [0.29, 0.717) is 6.54 Å². The largest absolute Gasteiger partial charge is 0.249 e. The van der Waals surface area contributed by atoms with E-state index in [-0.39, 0.29) is 5.41 Å². The van der Waals surface area contributed by atoms with Gasteiger partial charge in [0, 0.05) is 0 Å². The van der Waals surface area contributed by atoms with Gasteiger partial charge in [0.15, 0.2) is 0 Å². The lowest BCUT2D eigenvalue weighted by molar-refractivity contribution is 0.672. The summed E-state index contributed by atoms with van der Waals surface area (Å²) >= 11 is 0. The fraction of sp³-hybridized carbons (Fsp3) is 0.167. The number of aromatic nitrogens is 3. The summed E-state index contributed by atoms with van der Waals surface area (Å²) in [6.07, 6.45) is 9.10. The lowest BCUT2D eigenvalue weighted by Gasteiger charge is -2.21. The Balaban J connectivity index is 1.84. The SMILES string of the molecule is C#CC(C)(C)c1cc(Cn2cncn2)cc(-c2ccc3ccccc3c2)c1. The van der Waals surface area contributed by atoms with E-state index in [1.165, 1.54) is 16.3 Å². The number of terminal acetylenes is 1. The first-order valence-electron chi connectivity index (χ1n) is 8.99. The predicted molar refractivity (Wildman–Crippen MR) is 110 cm³/mol. The van der Waals surface area contributed by atoms with E-state index in [1.54, 1.807) is 12.7 Å². The van der Waals surface area contributed by atoms with Crippen LogP contribution in [-0.4, -0.2) is 14.8 Å². The molecule has 0 aliphatic rings. The molecule has 0 atom stereocenters. The average molecular weight is 351 g/mol. The van der Waals surface area contributed by atoms with Crippen molar-refractivity contribution in [2.45, 2.75) is 25.8 Å². The molecule has 0 spiro atoms. The molecule has 1 heterocycles. The number of rotatable bonds is 4. The minimum atomic E-state index is -0.343. The minimum absolute atomic E-state index is 0.343. The first kappa shape index (κ1) is 17.1. The third-order valence-corrected chi connectivity index (χ3v) is 4.97. The van der Waals surface area contributed by atoms with Gasteiger partial charge < -0.3 is 0 Å². The number of fused-ring (bicyclic) bond motifs is 1. The van der Waals surface area contributed by atoms with Crippen molar-refractivity contribution < 1.29 is 0 Å². The van der Waals surface area contributed by atoms with Gasteiger partial charge in [-0.15, -0.1) is 6.42 Å². The zero-order chi connectivity index (χ0) is 18.9. The Kier molecular flexibility index (Phi) is 4.25. The van der Waals surface area contributed by atoms with E-state index in [2.05, 4.69) is 90.5 Å². The van der Waals surface area contributed by atoms with Gasteiger partial charge in [0.1, 0.15) is 12.7 Å². The molecule has 0 N–H and O–H groups in total. The second kappa shape index (κ2) is 6.74. The highest BCUT2D eigenvalue weighted by Crippen LogP contribution is 2.31. The van der Waals surface area contributed by atoms with Crippen molar-refractivity contribution in [3.8, 4) is 23.5 Å². The summed E-state index contributed by atoms with van der Waals surface area (Å²) in [6, 6.07) is 21.6. The van der Waals surface area contributed by atoms with Gasteiger partial charge in [-0.3, -0.25) is 0 Å². The first-order chi connectivity index (χ1) is 13.0. The first-order valence-corrected chi connectivity index (χ1v) is 8.99. The Morgan fingerprint density at radius 3 is 2.52 bits per heavy atom. The lowest BCUT2D eigenvalue weighted by atomic mass is 9.83. The van der Waals surface area contributed by atoms with Crippen molar-refractivity contribution in [3.63, 3.8) is 0 Å². The molecule has 132 valence electrons. The topological polar surface area (TPSA) is 30.7 Å². The van der Waals surface area contributed by atoms with Crippen LogP contribution in [0.15, 0.2) is 73.3 Å². The zero-order valence-electron chi connectivity index (χ0n) is 15.6. The van der Waals surface area contributed by atoms with Crippen LogP contribution < -0.4 is 0 Å². The van der Waals surface area contributed by atoms with E-state index in [0.717, 1.165) is 16.7 Å². The van der Waals surface area contributed by atoms with Crippen molar-refractivity contribution in [1.82, 2.24) is 14.8 Å². The molecule has 0 bridgehead atoms. The van der Waals surface area contributed by atoms with Gasteiger partial charge in [-0.05, 0) is 65.1 Å². The van der Waals surface area contributed by atoms with E-state index in [1.807, 2.05) is 4.68 Å². The van der Waals surface area contributed by atoms with Crippen LogP contribution in [0.5, 0.6) is 0 Å². The van der Waals surface area contributed by atoms with Crippen LogP contribution >= 0.6 is 0 Å². The highest BCUT2D eigenvalue weighted by Gasteiger charge is 2.19. The van der Waals surface area contributed by atoms with Crippen molar-refractivity contribution in [2.24, 2.45) is 0 Å². The Labute approximate surface area is 159 Å². The van der Waals surface area contributed by atoms with E-state index >= 15 is 0 Å².